The third kappa shape index (κ3) is 3.80. The number of halogens is 1. The Morgan fingerprint density at radius 1 is 1.15 bits per heavy atom. The van der Waals surface area contributed by atoms with Gasteiger partial charge < -0.3 is 9.84 Å². The summed E-state index contributed by atoms with van der Waals surface area (Å²) >= 11 is 3.29. The molecule has 0 spiro atoms. The number of hydrogen-bond acceptors (Lipinski definition) is 5. The van der Waals surface area contributed by atoms with Crippen molar-refractivity contribution in [3.8, 4) is 5.75 Å². The summed E-state index contributed by atoms with van der Waals surface area (Å²) in [6.07, 6.45) is 0. The number of carbonyl (C=O) groups excluding carboxylic acids is 1. The molecular formula is C18H19BrN2O5S. The Labute approximate surface area is 166 Å². The van der Waals surface area contributed by atoms with E-state index in [1.165, 1.54) is 30.1 Å². The van der Waals surface area contributed by atoms with Crippen LogP contribution >= 0.6 is 15.9 Å². The van der Waals surface area contributed by atoms with E-state index in [2.05, 4.69) is 15.9 Å². The largest absolute Gasteiger partial charge is 0.491 e. The summed E-state index contributed by atoms with van der Waals surface area (Å²) in [6, 6.07) is 10.1. The van der Waals surface area contributed by atoms with Crippen LogP contribution in [-0.2, 0) is 10.0 Å². The quantitative estimate of drug-likeness (QED) is 0.764. The van der Waals surface area contributed by atoms with E-state index in [0.717, 1.165) is 8.78 Å². The number of ether oxygens (including phenoxy) is 1. The lowest BCUT2D eigenvalue weighted by molar-refractivity contribution is 0.0285. The SMILES string of the molecule is CN1C(=O)N(c2ccc(Br)cc2)S(=O)(=O)c2ccc(OCC(C)(C)O)cc21. The van der Waals surface area contributed by atoms with Crippen molar-refractivity contribution in [2.45, 2.75) is 24.3 Å². The molecule has 2 amide bonds. The van der Waals surface area contributed by atoms with Gasteiger partial charge in [0, 0.05) is 17.6 Å². The van der Waals surface area contributed by atoms with E-state index in [-0.39, 0.29) is 22.9 Å². The van der Waals surface area contributed by atoms with Gasteiger partial charge in [-0.05, 0) is 50.2 Å². The van der Waals surface area contributed by atoms with Crippen LogP contribution in [0.1, 0.15) is 13.8 Å². The Morgan fingerprint density at radius 2 is 1.78 bits per heavy atom. The fourth-order valence-electron chi connectivity index (χ4n) is 2.59. The van der Waals surface area contributed by atoms with Crippen LogP contribution in [0.4, 0.5) is 16.2 Å². The molecule has 1 aliphatic heterocycles. The minimum absolute atomic E-state index is 0.00290. The number of rotatable bonds is 4. The van der Waals surface area contributed by atoms with E-state index in [0.29, 0.717) is 5.75 Å². The number of hydrogen-bond donors (Lipinski definition) is 1. The lowest BCUT2D eigenvalue weighted by Crippen LogP contribution is -2.49. The highest BCUT2D eigenvalue weighted by Gasteiger charge is 2.41. The fourth-order valence-corrected chi connectivity index (χ4v) is 4.48. The van der Waals surface area contributed by atoms with Crippen LogP contribution in [0.25, 0.3) is 0 Å². The molecule has 0 saturated heterocycles. The molecule has 0 bridgehead atoms. The number of urea groups is 1. The van der Waals surface area contributed by atoms with E-state index in [4.69, 9.17) is 4.74 Å². The molecule has 1 N–H and O–H groups in total. The van der Waals surface area contributed by atoms with Gasteiger partial charge in [0.15, 0.2) is 0 Å². The Hall–Kier alpha value is -2.10. The van der Waals surface area contributed by atoms with Crippen LogP contribution in [0.15, 0.2) is 51.8 Å². The number of aliphatic hydroxyl groups is 1. The molecular weight excluding hydrogens is 436 g/mol. The molecule has 0 fully saturated rings. The average molecular weight is 455 g/mol. The minimum atomic E-state index is -4.07. The number of carbonyl (C=O) groups is 1. The lowest BCUT2D eigenvalue weighted by Gasteiger charge is -2.34. The zero-order chi connectivity index (χ0) is 20.0. The second-order valence-corrected chi connectivity index (χ2v) is 9.49. The highest BCUT2D eigenvalue weighted by molar-refractivity contribution is 9.10. The summed E-state index contributed by atoms with van der Waals surface area (Å²) < 4.78 is 33.2. The zero-order valence-electron chi connectivity index (χ0n) is 15.0. The van der Waals surface area contributed by atoms with Crippen molar-refractivity contribution < 1.29 is 23.1 Å². The Balaban J connectivity index is 2.04. The Morgan fingerprint density at radius 3 is 2.37 bits per heavy atom. The van der Waals surface area contributed by atoms with Crippen molar-refractivity contribution in [3.05, 3.63) is 46.9 Å². The van der Waals surface area contributed by atoms with Crippen molar-refractivity contribution in [2.24, 2.45) is 0 Å². The first-order valence-electron chi connectivity index (χ1n) is 8.08. The third-order valence-electron chi connectivity index (χ3n) is 3.92. The molecule has 0 aromatic heterocycles. The Kier molecular flexibility index (Phi) is 4.96. The molecule has 0 radical (unpaired) electrons. The van der Waals surface area contributed by atoms with Gasteiger partial charge in [0.1, 0.15) is 17.3 Å². The molecule has 3 rings (SSSR count). The maximum atomic E-state index is 13.1. The molecule has 1 aliphatic rings. The maximum absolute atomic E-state index is 13.1. The molecule has 1 heterocycles. The predicted octanol–water partition coefficient (Wildman–Crippen LogP) is 3.36. The van der Waals surface area contributed by atoms with Gasteiger partial charge in [-0.3, -0.25) is 4.90 Å². The molecule has 0 atom stereocenters. The predicted molar refractivity (Wildman–Crippen MR) is 106 cm³/mol. The zero-order valence-corrected chi connectivity index (χ0v) is 17.4. The highest BCUT2D eigenvalue weighted by atomic mass is 79.9. The van der Waals surface area contributed by atoms with Crippen molar-refractivity contribution >= 4 is 43.4 Å². The number of sulfonamides is 1. The van der Waals surface area contributed by atoms with Gasteiger partial charge in [-0.25, -0.2) is 13.2 Å². The second-order valence-electron chi connectivity index (χ2n) is 6.82. The van der Waals surface area contributed by atoms with Crippen LogP contribution in [0.2, 0.25) is 0 Å². The summed E-state index contributed by atoms with van der Waals surface area (Å²) in [5.41, 5.74) is -0.563. The molecule has 0 aliphatic carbocycles. The summed E-state index contributed by atoms with van der Waals surface area (Å²) in [4.78, 5) is 14.1. The summed E-state index contributed by atoms with van der Waals surface area (Å²) in [5.74, 6) is 0.364. The first kappa shape index (κ1) is 19.7. The Bertz CT molecular complexity index is 984. The summed E-state index contributed by atoms with van der Waals surface area (Å²) in [7, 11) is -2.57. The van der Waals surface area contributed by atoms with Gasteiger partial charge in [0.25, 0.3) is 10.0 Å². The fraction of sp³-hybridized carbons (Fsp3) is 0.278. The molecule has 0 unspecified atom stereocenters. The molecule has 2 aromatic rings. The van der Waals surface area contributed by atoms with Gasteiger partial charge in [-0.1, -0.05) is 15.9 Å². The van der Waals surface area contributed by atoms with Crippen LogP contribution in [-0.4, -0.2) is 38.8 Å². The van der Waals surface area contributed by atoms with E-state index in [1.807, 2.05) is 0 Å². The van der Waals surface area contributed by atoms with Crippen molar-refractivity contribution in [2.75, 3.05) is 22.9 Å². The molecule has 144 valence electrons. The molecule has 0 saturated carbocycles. The van der Waals surface area contributed by atoms with Gasteiger partial charge >= 0.3 is 6.03 Å². The number of benzene rings is 2. The monoisotopic (exact) mass is 454 g/mol. The van der Waals surface area contributed by atoms with Crippen molar-refractivity contribution in [1.82, 2.24) is 0 Å². The van der Waals surface area contributed by atoms with E-state index >= 15 is 0 Å². The standard InChI is InChI=1S/C18H19BrN2O5S/c1-18(2,23)11-26-14-8-9-16-15(10-14)20(3)17(22)21(27(16,24)25)13-6-4-12(19)5-7-13/h4-10,23H,11H2,1-3H3. The van der Waals surface area contributed by atoms with Gasteiger partial charge in [0.2, 0.25) is 0 Å². The second kappa shape index (κ2) is 6.81. The normalized spacial score (nSPS) is 16.3. The minimum Gasteiger partial charge on any atom is -0.491 e. The van der Waals surface area contributed by atoms with E-state index < -0.39 is 21.7 Å². The van der Waals surface area contributed by atoms with Crippen LogP contribution in [0.5, 0.6) is 5.75 Å². The number of amides is 2. The van der Waals surface area contributed by atoms with Crippen molar-refractivity contribution in [1.29, 1.82) is 0 Å². The molecule has 7 nitrogen and oxygen atoms in total. The highest BCUT2D eigenvalue weighted by Crippen LogP contribution is 2.38. The number of anilines is 2. The van der Waals surface area contributed by atoms with E-state index in [9.17, 15) is 18.3 Å². The molecule has 27 heavy (non-hydrogen) atoms. The number of fused-ring (bicyclic) bond motifs is 1. The first-order valence-corrected chi connectivity index (χ1v) is 10.3. The third-order valence-corrected chi connectivity index (χ3v) is 6.20. The van der Waals surface area contributed by atoms with E-state index in [1.54, 1.807) is 38.1 Å². The summed E-state index contributed by atoms with van der Waals surface area (Å²) in [6.45, 7) is 3.23. The topological polar surface area (TPSA) is 87.2 Å². The van der Waals surface area contributed by atoms with Crippen LogP contribution in [0.3, 0.4) is 0 Å². The smallest absolute Gasteiger partial charge is 0.342 e. The lowest BCUT2D eigenvalue weighted by atomic mass is 10.2. The average Bonchev–Trinajstić information content (AvgIpc) is 2.59. The van der Waals surface area contributed by atoms with Crippen molar-refractivity contribution in [3.63, 3.8) is 0 Å². The van der Waals surface area contributed by atoms with Gasteiger partial charge in [-0.2, -0.15) is 4.31 Å². The summed E-state index contributed by atoms with van der Waals surface area (Å²) in [5, 5.41) is 9.78. The number of nitrogens with zero attached hydrogens (tertiary/aromatic N) is 2. The molecule has 9 heteroatoms. The molecule has 2 aromatic carbocycles. The first-order chi connectivity index (χ1) is 12.5. The van der Waals surface area contributed by atoms with Crippen LogP contribution < -0.4 is 13.9 Å². The maximum Gasteiger partial charge on any atom is 0.342 e. The van der Waals surface area contributed by atoms with Crippen LogP contribution in [0, 0.1) is 0 Å². The van der Waals surface area contributed by atoms with Gasteiger partial charge in [-0.15, -0.1) is 0 Å². The van der Waals surface area contributed by atoms with Gasteiger partial charge in [0.05, 0.1) is 17.0 Å².